The Morgan fingerprint density at radius 2 is 2.08 bits per heavy atom. The van der Waals surface area contributed by atoms with E-state index < -0.39 is 0 Å². The molecule has 0 aliphatic rings. The molecular weight excluding hydrogens is 320 g/mol. The van der Waals surface area contributed by atoms with Crippen LogP contribution in [0.1, 0.15) is 22.1 Å². The lowest BCUT2D eigenvalue weighted by atomic mass is 10.3. The molecule has 1 amide bonds. The van der Waals surface area contributed by atoms with Gasteiger partial charge >= 0.3 is 0 Å². The summed E-state index contributed by atoms with van der Waals surface area (Å²) in [5, 5.41) is 6.76. The van der Waals surface area contributed by atoms with Crippen LogP contribution in [0.15, 0.2) is 47.2 Å². The van der Waals surface area contributed by atoms with Gasteiger partial charge in [-0.05, 0) is 31.2 Å². The lowest BCUT2D eigenvalue weighted by molar-refractivity contribution is 0.0939. The minimum absolute atomic E-state index is 0.149. The second-order valence-corrected chi connectivity index (χ2v) is 5.67. The van der Waals surface area contributed by atoms with Gasteiger partial charge in [0.15, 0.2) is 0 Å². The van der Waals surface area contributed by atoms with Gasteiger partial charge in [0.2, 0.25) is 11.7 Å². The summed E-state index contributed by atoms with van der Waals surface area (Å²) in [6.07, 6.45) is 3.71. The molecule has 0 unspecified atom stereocenters. The normalized spacial score (nSPS) is 11.1. The van der Waals surface area contributed by atoms with E-state index in [1.807, 2.05) is 61.3 Å². The first-order valence-electron chi connectivity index (χ1n) is 7.79. The number of carbonyl (C=O) groups is 1. The number of hydrogen-bond donors (Lipinski definition) is 1. The van der Waals surface area contributed by atoms with E-state index in [2.05, 4.69) is 20.4 Å². The van der Waals surface area contributed by atoms with Gasteiger partial charge in [-0.2, -0.15) is 4.98 Å². The van der Waals surface area contributed by atoms with Crippen LogP contribution < -0.4 is 5.32 Å². The molecule has 4 rings (SSSR count). The number of rotatable bonds is 4. The van der Waals surface area contributed by atoms with Crippen molar-refractivity contribution in [2.45, 2.75) is 13.5 Å². The molecule has 0 aliphatic carbocycles. The summed E-state index contributed by atoms with van der Waals surface area (Å²) in [4.78, 5) is 21.2. The van der Waals surface area contributed by atoms with Gasteiger partial charge < -0.3 is 14.4 Å². The highest BCUT2D eigenvalue weighted by atomic mass is 16.5. The summed E-state index contributed by atoms with van der Waals surface area (Å²) in [7, 11) is 1.90. The zero-order valence-corrected chi connectivity index (χ0v) is 13.8. The van der Waals surface area contributed by atoms with Gasteiger partial charge in [0, 0.05) is 19.4 Å². The van der Waals surface area contributed by atoms with Gasteiger partial charge in [-0.3, -0.25) is 9.20 Å². The molecule has 0 radical (unpaired) electrons. The maximum Gasteiger partial charge on any atom is 0.270 e. The Hall–Kier alpha value is -3.42. The number of nitrogens with one attached hydrogen (secondary N) is 1. The monoisotopic (exact) mass is 336 g/mol. The van der Waals surface area contributed by atoms with Crippen LogP contribution in [-0.4, -0.2) is 30.0 Å². The minimum Gasteiger partial charge on any atom is -0.348 e. The molecule has 8 heteroatoms. The first-order chi connectivity index (χ1) is 12.1. The summed E-state index contributed by atoms with van der Waals surface area (Å²) < 4.78 is 8.87. The van der Waals surface area contributed by atoms with Crippen LogP contribution in [-0.2, 0) is 13.6 Å². The molecule has 0 saturated carbocycles. The zero-order chi connectivity index (χ0) is 17.4. The number of imidazole rings is 1. The van der Waals surface area contributed by atoms with E-state index in [0.29, 0.717) is 23.1 Å². The number of amides is 1. The van der Waals surface area contributed by atoms with E-state index in [1.54, 1.807) is 4.40 Å². The summed E-state index contributed by atoms with van der Waals surface area (Å²) in [5.41, 5.74) is 2.74. The van der Waals surface area contributed by atoms with E-state index in [-0.39, 0.29) is 12.5 Å². The van der Waals surface area contributed by atoms with Crippen molar-refractivity contribution in [3.05, 3.63) is 60.0 Å². The molecule has 0 saturated heterocycles. The largest absolute Gasteiger partial charge is 0.348 e. The highest BCUT2D eigenvalue weighted by molar-refractivity contribution is 5.94. The molecule has 25 heavy (non-hydrogen) atoms. The first-order valence-corrected chi connectivity index (χ1v) is 7.79. The predicted molar refractivity (Wildman–Crippen MR) is 89.8 cm³/mol. The third-order valence-electron chi connectivity index (χ3n) is 3.96. The van der Waals surface area contributed by atoms with Crippen LogP contribution in [0.3, 0.4) is 0 Å². The van der Waals surface area contributed by atoms with Crippen LogP contribution in [0.2, 0.25) is 0 Å². The third kappa shape index (κ3) is 2.67. The van der Waals surface area contributed by atoms with Gasteiger partial charge in [-0.1, -0.05) is 11.2 Å². The van der Waals surface area contributed by atoms with Gasteiger partial charge in [-0.25, -0.2) is 4.98 Å². The Morgan fingerprint density at radius 3 is 2.88 bits per heavy atom. The molecule has 0 bridgehead atoms. The fourth-order valence-electron chi connectivity index (χ4n) is 2.75. The number of hydrogen-bond acceptors (Lipinski definition) is 5. The number of aryl methyl sites for hydroxylation is 2. The van der Waals surface area contributed by atoms with Crippen LogP contribution in [0.4, 0.5) is 0 Å². The SMILES string of the molecule is Cc1nc2ccccn2c1C(=O)NCc1nc(-c2cccn2C)no1. The minimum atomic E-state index is -0.241. The number of nitrogens with zero attached hydrogens (tertiary/aromatic N) is 5. The van der Waals surface area contributed by atoms with Gasteiger partial charge in [0.25, 0.3) is 5.91 Å². The Morgan fingerprint density at radius 1 is 1.20 bits per heavy atom. The van der Waals surface area contributed by atoms with Crippen molar-refractivity contribution < 1.29 is 9.32 Å². The number of fused-ring (bicyclic) bond motifs is 1. The fraction of sp³-hybridized carbons (Fsp3) is 0.176. The molecule has 0 fully saturated rings. The van der Waals surface area contributed by atoms with Gasteiger partial charge in [0.05, 0.1) is 17.9 Å². The summed E-state index contributed by atoms with van der Waals surface area (Å²) in [6.45, 7) is 1.96. The van der Waals surface area contributed by atoms with Crippen LogP contribution in [0.25, 0.3) is 17.2 Å². The van der Waals surface area contributed by atoms with Gasteiger partial charge in [-0.15, -0.1) is 0 Å². The highest BCUT2D eigenvalue weighted by Gasteiger charge is 2.17. The third-order valence-corrected chi connectivity index (χ3v) is 3.96. The van der Waals surface area contributed by atoms with E-state index >= 15 is 0 Å². The first kappa shape index (κ1) is 15.1. The lowest BCUT2D eigenvalue weighted by Gasteiger charge is -2.03. The second kappa shape index (κ2) is 5.90. The summed E-state index contributed by atoms with van der Waals surface area (Å²) >= 11 is 0. The van der Waals surface area contributed by atoms with Crippen LogP contribution in [0, 0.1) is 6.92 Å². The predicted octanol–water partition coefficient (Wildman–Crippen LogP) is 1.96. The van der Waals surface area contributed by atoms with E-state index in [1.165, 1.54) is 0 Å². The highest BCUT2D eigenvalue weighted by Crippen LogP contribution is 2.16. The average Bonchev–Trinajstić information content (AvgIpc) is 3.30. The van der Waals surface area contributed by atoms with Crippen molar-refractivity contribution in [1.82, 2.24) is 29.4 Å². The molecule has 126 valence electrons. The number of pyridine rings is 1. The quantitative estimate of drug-likeness (QED) is 0.615. The maximum absolute atomic E-state index is 12.5. The molecular formula is C17H16N6O2. The van der Waals surface area contributed by atoms with E-state index in [0.717, 1.165) is 11.3 Å². The van der Waals surface area contributed by atoms with E-state index in [4.69, 9.17) is 4.52 Å². The molecule has 0 spiro atoms. The van der Waals surface area contributed by atoms with Gasteiger partial charge in [0.1, 0.15) is 11.3 Å². The Labute approximate surface area is 143 Å². The molecule has 1 N–H and O–H groups in total. The average molecular weight is 336 g/mol. The molecule has 4 heterocycles. The topological polar surface area (TPSA) is 90.2 Å². The zero-order valence-electron chi connectivity index (χ0n) is 13.8. The Bertz CT molecular complexity index is 1060. The maximum atomic E-state index is 12.5. The summed E-state index contributed by atoms with van der Waals surface area (Å²) in [6, 6.07) is 9.39. The lowest BCUT2D eigenvalue weighted by Crippen LogP contribution is -2.25. The van der Waals surface area contributed by atoms with Crippen molar-refractivity contribution in [3.63, 3.8) is 0 Å². The standard InChI is InChI=1S/C17H16N6O2/c1-11-15(23-9-4-3-7-13(23)19-11)17(24)18-10-14-20-16(21-25-14)12-6-5-8-22(12)2/h3-9H,10H2,1-2H3,(H,18,24). The van der Waals surface area contributed by atoms with Crippen molar-refractivity contribution in [2.24, 2.45) is 7.05 Å². The molecule has 8 nitrogen and oxygen atoms in total. The summed E-state index contributed by atoms with van der Waals surface area (Å²) in [5.74, 6) is 0.591. The van der Waals surface area contributed by atoms with Crippen molar-refractivity contribution in [2.75, 3.05) is 0 Å². The Balaban J connectivity index is 1.52. The molecule has 4 aromatic rings. The Kier molecular flexibility index (Phi) is 3.57. The molecule has 4 aromatic heterocycles. The van der Waals surface area contributed by atoms with Crippen molar-refractivity contribution >= 4 is 11.6 Å². The molecule has 0 atom stereocenters. The smallest absolute Gasteiger partial charge is 0.270 e. The second-order valence-electron chi connectivity index (χ2n) is 5.67. The fourth-order valence-corrected chi connectivity index (χ4v) is 2.75. The van der Waals surface area contributed by atoms with Crippen molar-refractivity contribution in [3.8, 4) is 11.5 Å². The number of carbonyl (C=O) groups excluding carboxylic acids is 1. The van der Waals surface area contributed by atoms with Crippen LogP contribution in [0.5, 0.6) is 0 Å². The van der Waals surface area contributed by atoms with Crippen LogP contribution >= 0.6 is 0 Å². The molecule has 0 aromatic carbocycles. The van der Waals surface area contributed by atoms with E-state index in [9.17, 15) is 4.79 Å². The molecule has 0 aliphatic heterocycles. The van der Waals surface area contributed by atoms with Crippen molar-refractivity contribution in [1.29, 1.82) is 0 Å². The number of aromatic nitrogens is 5.